The molecule has 2 N–H and O–H groups in total. The van der Waals surface area contributed by atoms with Crippen molar-refractivity contribution < 1.29 is 13.0 Å². The Morgan fingerprint density at radius 1 is 0.625 bits per heavy atom. The molecule has 0 amide bonds. The molecule has 0 spiro atoms. The molecule has 0 unspecified atom stereocenters. The standard InChI is InChI=1S/C19H41NO3S/c1-2-3-4-5-6-7-8-9-10-11-12-13-14-15-17-20-18-16-19-24(21,22)23/h20H,2-19H2,1H3,(H,21,22,23). The summed E-state index contributed by atoms with van der Waals surface area (Å²) < 4.78 is 29.7. The van der Waals surface area contributed by atoms with Crippen molar-refractivity contribution in [2.75, 3.05) is 18.8 Å². The average Bonchev–Trinajstić information content (AvgIpc) is 2.52. The monoisotopic (exact) mass is 363 g/mol. The van der Waals surface area contributed by atoms with Gasteiger partial charge in [0.25, 0.3) is 10.1 Å². The van der Waals surface area contributed by atoms with Crippen molar-refractivity contribution in [3.8, 4) is 0 Å². The largest absolute Gasteiger partial charge is 0.317 e. The van der Waals surface area contributed by atoms with Crippen LogP contribution in [0.4, 0.5) is 0 Å². The lowest BCUT2D eigenvalue weighted by Gasteiger charge is -2.05. The summed E-state index contributed by atoms with van der Waals surface area (Å²) in [6.45, 7) is 3.88. The number of unbranched alkanes of at least 4 members (excludes halogenated alkanes) is 13. The summed E-state index contributed by atoms with van der Waals surface area (Å²) in [7, 11) is -3.79. The highest BCUT2D eigenvalue weighted by molar-refractivity contribution is 7.85. The Bertz CT molecular complexity index is 345. The third kappa shape index (κ3) is 21.9. The predicted molar refractivity (Wildman–Crippen MR) is 104 cm³/mol. The van der Waals surface area contributed by atoms with Crippen LogP contribution in [-0.4, -0.2) is 31.8 Å². The van der Waals surface area contributed by atoms with Gasteiger partial charge in [-0.15, -0.1) is 0 Å². The van der Waals surface area contributed by atoms with Crippen LogP contribution in [0.2, 0.25) is 0 Å². The highest BCUT2D eigenvalue weighted by atomic mass is 32.2. The van der Waals surface area contributed by atoms with Gasteiger partial charge in [-0.25, -0.2) is 0 Å². The average molecular weight is 364 g/mol. The molecular formula is C19H41NO3S. The Hall–Kier alpha value is -0.130. The summed E-state index contributed by atoms with van der Waals surface area (Å²) >= 11 is 0. The molecule has 0 aromatic rings. The van der Waals surface area contributed by atoms with Crippen molar-refractivity contribution in [1.29, 1.82) is 0 Å². The van der Waals surface area contributed by atoms with Crippen LogP contribution in [0, 0.1) is 0 Å². The Balaban J connectivity index is 3.03. The molecule has 4 nitrogen and oxygen atoms in total. The zero-order chi connectivity index (χ0) is 17.9. The smallest absolute Gasteiger partial charge is 0.264 e. The molecule has 0 rings (SSSR count). The quantitative estimate of drug-likeness (QED) is 0.240. The molecule has 0 radical (unpaired) electrons. The second-order valence-electron chi connectivity index (χ2n) is 6.99. The normalized spacial score (nSPS) is 11.9. The maximum atomic E-state index is 10.5. The fourth-order valence-corrected chi connectivity index (χ4v) is 3.46. The van der Waals surface area contributed by atoms with E-state index in [2.05, 4.69) is 12.2 Å². The van der Waals surface area contributed by atoms with Crippen molar-refractivity contribution in [3.05, 3.63) is 0 Å². The molecule has 0 saturated heterocycles. The van der Waals surface area contributed by atoms with Gasteiger partial charge in [0.2, 0.25) is 0 Å². The SMILES string of the molecule is CCCCCCCCCCCCCCCCNCCCS(=O)(=O)O. The second kappa shape index (κ2) is 17.7. The lowest BCUT2D eigenvalue weighted by molar-refractivity contribution is 0.479. The molecular weight excluding hydrogens is 322 g/mol. The highest BCUT2D eigenvalue weighted by Gasteiger charge is 2.02. The number of hydrogen-bond donors (Lipinski definition) is 2. The maximum absolute atomic E-state index is 10.5. The van der Waals surface area contributed by atoms with Crippen LogP contribution < -0.4 is 5.32 Å². The van der Waals surface area contributed by atoms with Crippen LogP contribution in [0.3, 0.4) is 0 Å². The minimum absolute atomic E-state index is 0.140. The van der Waals surface area contributed by atoms with Gasteiger partial charge in [-0.3, -0.25) is 4.55 Å². The molecule has 0 aliphatic heterocycles. The van der Waals surface area contributed by atoms with Crippen LogP contribution in [-0.2, 0) is 10.1 Å². The van der Waals surface area contributed by atoms with Gasteiger partial charge in [0.15, 0.2) is 0 Å². The van der Waals surface area contributed by atoms with E-state index in [-0.39, 0.29) is 5.75 Å². The summed E-state index contributed by atoms with van der Waals surface area (Å²) in [5.41, 5.74) is 0. The van der Waals surface area contributed by atoms with E-state index < -0.39 is 10.1 Å². The fourth-order valence-electron chi connectivity index (χ4n) is 2.95. The zero-order valence-corrected chi connectivity index (χ0v) is 16.7. The molecule has 0 saturated carbocycles. The first kappa shape index (κ1) is 23.9. The van der Waals surface area contributed by atoms with E-state index in [1.54, 1.807) is 0 Å². The van der Waals surface area contributed by atoms with Crippen molar-refractivity contribution >= 4 is 10.1 Å². The van der Waals surface area contributed by atoms with Crippen LogP contribution in [0.15, 0.2) is 0 Å². The van der Waals surface area contributed by atoms with E-state index in [4.69, 9.17) is 4.55 Å². The summed E-state index contributed by atoms with van der Waals surface area (Å²) in [6, 6.07) is 0. The van der Waals surface area contributed by atoms with Crippen LogP contribution >= 0.6 is 0 Å². The summed E-state index contributed by atoms with van der Waals surface area (Å²) in [5.74, 6) is -0.140. The molecule has 0 bridgehead atoms. The summed E-state index contributed by atoms with van der Waals surface area (Å²) in [4.78, 5) is 0. The number of nitrogens with one attached hydrogen (secondary N) is 1. The fraction of sp³-hybridized carbons (Fsp3) is 1.00. The van der Waals surface area contributed by atoms with Crippen molar-refractivity contribution in [3.63, 3.8) is 0 Å². The van der Waals surface area contributed by atoms with E-state index in [1.807, 2.05) is 0 Å². The Labute approximate surface area is 150 Å². The molecule has 0 aromatic heterocycles. The predicted octanol–water partition coefficient (Wildman–Crippen LogP) is 5.34. The molecule has 0 aliphatic rings. The van der Waals surface area contributed by atoms with Crippen LogP contribution in [0.5, 0.6) is 0 Å². The first-order valence-electron chi connectivity index (χ1n) is 10.2. The van der Waals surface area contributed by atoms with E-state index in [1.165, 1.54) is 83.5 Å². The third-order valence-corrected chi connectivity index (χ3v) is 5.27. The Morgan fingerprint density at radius 3 is 1.42 bits per heavy atom. The van der Waals surface area contributed by atoms with E-state index in [0.717, 1.165) is 13.0 Å². The first-order valence-corrected chi connectivity index (χ1v) is 11.8. The van der Waals surface area contributed by atoms with Gasteiger partial charge in [-0.05, 0) is 25.9 Å². The summed E-state index contributed by atoms with van der Waals surface area (Å²) in [6.07, 6.45) is 19.6. The van der Waals surface area contributed by atoms with Gasteiger partial charge in [0.1, 0.15) is 0 Å². The first-order chi connectivity index (χ1) is 11.6. The second-order valence-corrected chi connectivity index (χ2v) is 8.56. The Morgan fingerprint density at radius 2 is 1.00 bits per heavy atom. The molecule has 0 aromatic carbocycles. The van der Waals surface area contributed by atoms with Gasteiger partial charge < -0.3 is 5.32 Å². The zero-order valence-electron chi connectivity index (χ0n) is 15.9. The topological polar surface area (TPSA) is 66.4 Å². The maximum Gasteiger partial charge on any atom is 0.264 e. The van der Waals surface area contributed by atoms with E-state index in [0.29, 0.717) is 13.0 Å². The third-order valence-electron chi connectivity index (χ3n) is 4.46. The van der Waals surface area contributed by atoms with Gasteiger partial charge in [0, 0.05) is 0 Å². The highest BCUT2D eigenvalue weighted by Crippen LogP contribution is 2.12. The minimum Gasteiger partial charge on any atom is -0.317 e. The molecule has 24 heavy (non-hydrogen) atoms. The van der Waals surface area contributed by atoms with Crippen molar-refractivity contribution in [2.24, 2.45) is 0 Å². The minimum atomic E-state index is -3.79. The van der Waals surface area contributed by atoms with Crippen molar-refractivity contribution in [2.45, 2.75) is 103 Å². The molecule has 0 atom stereocenters. The van der Waals surface area contributed by atoms with Gasteiger partial charge in [0.05, 0.1) is 5.75 Å². The van der Waals surface area contributed by atoms with Gasteiger partial charge in [-0.1, -0.05) is 90.4 Å². The number of rotatable bonds is 19. The lowest BCUT2D eigenvalue weighted by Crippen LogP contribution is -2.19. The molecule has 0 heterocycles. The van der Waals surface area contributed by atoms with Crippen molar-refractivity contribution in [1.82, 2.24) is 5.32 Å². The van der Waals surface area contributed by atoms with Crippen LogP contribution in [0.1, 0.15) is 103 Å². The van der Waals surface area contributed by atoms with E-state index >= 15 is 0 Å². The molecule has 0 fully saturated rings. The summed E-state index contributed by atoms with van der Waals surface area (Å²) in [5, 5.41) is 3.23. The molecule has 0 aliphatic carbocycles. The van der Waals surface area contributed by atoms with Crippen LogP contribution in [0.25, 0.3) is 0 Å². The lowest BCUT2D eigenvalue weighted by atomic mass is 10.0. The Kier molecular flexibility index (Phi) is 17.6. The molecule has 146 valence electrons. The molecule has 5 heteroatoms. The van der Waals surface area contributed by atoms with Gasteiger partial charge in [-0.2, -0.15) is 8.42 Å². The van der Waals surface area contributed by atoms with E-state index in [9.17, 15) is 8.42 Å². The number of hydrogen-bond acceptors (Lipinski definition) is 3. The van der Waals surface area contributed by atoms with Gasteiger partial charge >= 0.3 is 0 Å².